The second kappa shape index (κ2) is 11.3. The zero-order valence-corrected chi connectivity index (χ0v) is 22.0. The zero-order valence-electron chi connectivity index (χ0n) is 20.8. The van der Waals surface area contributed by atoms with Crippen molar-refractivity contribution in [1.82, 2.24) is 25.2 Å². The third kappa shape index (κ3) is 6.88. The molecule has 5 rings (SSSR count). The number of piperidine rings is 1. The highest BCUT2D eigenvalue weighted by atomic mass is 31.0. The number of amides is 1. The molecule has 1 aliphatic heterocycles. The second-order valence-corrected chi connectivity index (χ2v) is 11.5. The minimum absolute atomic E-state index is 0.198. The van der Waals surface area contributed by atoms with Crippen LogP contribution in [0, 0.1) is 5.92 Å². The maximum Gasteiger partial charge on any atom is 0.229 e. The summed E-state index contributed by atoms with van der Waals surface area (Å²) in [6.07, 6.45) is 11.6. The van der Waals surface area contributed by atoms with Crippen LogP contribution in [-0.2, 0) is 11.3 Å². The van der Waals surface area contributed by atoms with Crippen LogP contribution in [0.15, 0.2) is 24.5 Å². The van der Waals surface area contributed by atoms with Crippen molar-refractivity contribution >= 4 is 32.6 Å². The lowest BCUT2D eigenvalue weighted by Gasteiger charge is -2.34. The summed E-state index contributed by atoms with van der Waals surface area (Å²) < 4.78 is 14.3. The number of aromatic nitrogens is 3. The van der Waals surface area contributed by atoms with Crippen LogP contribution in [0.1, 0.15) is 68.5 Å². The first kappa shape index (κ1) is 25.3. The van der Waals surface area contributed by atoms with Crippen LogP contribution in [0.4, 0.5) is 21.8 Å². The Hall–Kier alpha value is -2.38. The molecule has 2 aromatic heterocycles. The van der Waals surface area contributed by atoms with Gasteiger partial charge in [-0.3, -0.25) is 14.7 Å². The molecule has 3 fully saturated rings. The Kier molecular flexibility index (Phi) is 7.96. The fourth-order valence-corrected chi connectivity index (χ4v) is 5.28. The average molecular weight is 514 g/mol. The van der Waals surface area contributed by atoms with Crippen LogP contribution >= 0.6 is 9.24 Å². The molecule has 0 spiro atoms. The van der Waals surface area contributed by atoms with Crippen LogP contribution in [0.25, 0.3) is 0 Å². The summed E-state index contributed by atoms with van der Waals surface area (Å²) in [5.74, 6) is 2.34. The number of nitrogens with one attached hydrogen (secondary N) is 3. The van der Waals surface area contributed by atoms with Crippen molar-refractivity contribution in [3.05, 3.63) is 35.8 Å². The first-order chi connectivity index (χ1) is 17.4. The molecule has 2 saturated carbocycles. The number of halogens is 1. The molecule has 3 N–H and O–H groups in total. The lowest BCUT2D eigenvalue weighted by atomic mass is 9.85. The standard InChI is InChI=1S/C26H37FN7OP/c27-26(36)10-2-13-34(17-26)16-21-9-8-20(14-30-21)32-25-31-15-22(18-6-7-18)23(33-25)28-11-3-12-29-24(35)19-4-1-5-19/h8-9,14-15,18-19H,1-7,10-13,16-17,36H2,(H,29,35)(H2,28,31,32,33). The van der Waals surface area contributed by atoms with E-state index in [0.717, 1.165) is 61.5 Å². The number of rotatable bonds is 11. The predicted molar refractivity (Wildman–Crippen MR) is 143 cm³/mol. The number of nitrogens with zero attached hydrogens (tertiary/aromatic N) is 4. The van der Waals surface area contributed by atoms with E-state index in [0.29, 0.717) is 37.9 Å². The Labute approximate surface area is 214 Å². The van der Waals surface area contributed by atoms with Crippen molar-refractivity contribution < 1.29 is 9.18 Å². The molecule has 1 saturated heterocycles. The molecule has 1 amide bonds. The summed E-state index contributed by atoms with van der Waals surface area (Å²) in [6.45, 7) is 3.37. The van der Waals surface area contributed by atoms with Crippen molar-refractivity contribution in [3.63, 3.8) is 0 Å². The van der Waals surface area contributed by atoms with Gasteiger partial charge < -0.3 is 16.0 Å². The van der Waals surface area contributed by atoms with Crippen LogP contribution in [0.2, 0.25) is 0 Å². The molecule has 8 nitrogen and oxygen atoms in total. The largest absolute Gasteiger partial charge is 0.370 e. The average Bonchev–Trinajstić information content (AvgIpc) is 3.64. The van der Waals surface area contributed by atoms with E-state index in [1.807, 2.05) is 18.3 Å². The Balaban J connectivity index is 1.13. The molecule has 2 unspecified atom stereocenters. The molecular weight excluding hydrogens is 476 g/mol. The number of carbonyl (C=O) groups excluding carboxylic acids is 1. The number of carbonyl (C=O) groups is 1. The number of hydrogen-bond donors (Lipinski definition) is 3. The van der Waals surface area contributed by atoms with Gasteiger partial charge in [-0.2, -0.15) is 4.98 Å². The van der Waals surface area contributed by atoms with Crippen molar-refractivity contribution in [1.29, 1.82) is 0 Å². The highest BCUT2D eigenvalue weighted by Gasteiger charge is 2.31. The van der Waals surface area contributed by atoms with Gasteiger partial charge in [-0.25, -0.2) is 9.37 Å². The summed E-state index contributed by atoms with van der Waals surface area (Å²) >= 11 is 0. The summed E-state index contributed by atoms with van der Waals surface area (Å²) in [5, 5.41) is 8.57. The van der Waals surface area contributed by atoms with Gasteiger partial charge in [0.05, 0.1) is 17.6 Å². The van der Waals surface area contributed by atoms with Crippen LogP contribution in [-0.4, -0.2) is 57.3 Å². The molecule has 2 aromatic rings. The molecule has 0 aromatic carbocycles. The normalized spacial score (nSPS) is 22.6. The number of pyridine rings is 1. The third-order valence-electron chi connectivity index (χ3n) is 7.28. The number of alkyl halides is 1. The Bertz CT molecular complexity index is 1040. The Morgan fingerprint density at radius 2 is 2.00 bits per heavy atom. The van der Waals surface area contributed by atoms with E-state index in [-0.39, 0.29) is 11.8 Å². The quantitative estimate of drug-likeness (QED) is 0.304. The van der Waals surface area contributed by atoms with Crippen molar-refractivity contribution in [2.45, 2.75) is 69.2 Å². The zero-order chi connectivity index (χ0) is 25.0. The summed E-state index contributed by atoms with van der Waals surface area (Å²) in [5.41, 5.74) is 2.89. The molecule has 3 heterocycles. The Morgan fingerprint density at radius 1 is 1.14 bits per heavy atom. The van der Waals surface area contributed by atoms with E-state index in [1.165, 1.54) is 19.3 Å². The van der Waals surface area contributed by atoms with E-state index in [9.17, 15) is 9.18 Å². The SMILES string of the molecule is O=C(NCCCNc1nc(Nc2ccc(CN3CCCC(F)(P)C3)nc2)ncc1C1CC1)C1CCC1. The minimum Gasteiger partial charge on any atom is -0.370 e. The van der Waals surface area contributed by atoms with Crippen LogP contribution < -0.4 is 16.0 Å². The molecular formula is C26H37FN7OP. The van der Waals surface area contributed by atoms with Gasteiger partial charge in [0.15, 0.2) is 0 Å². The third-order valence-corrected chi connectivity index (χ3v) is 7.75. The molecule has 194 valence electrons. The smallest absolute Gasteiger partial charge is 0.229 e. The lowest BCUT2D eigenvalue weighted by Crippen LogP contribution is -2.41. The predicted octanol–water partition coefficient (Wildman–Crippen LogP) is 4.35. The van der Waals surface area contributed by atoms with Crippen molar-refractivity contribution in [2.75, 3.05) is 36.8 Å². The molecule has 0 bridgehead atoms. The van der Waals surface area contributed by atoms with E-state index in [2.05, 4.69) is 40.1 Å². The number of hydrogen-bond acceptors (Lipinski definition) is 7. The summed E-state index contributed by atoms with van der Waals surface area (Å²) in [6, 6.07) is 3.93. The molecule has 3 aliphatic rings. The van der Waals surface area contributed by atoms with Crippen LogP contribution in [0.5, 0.6) is 0 Å². The fraction of sp³-hybridized carbons (Fsp3) is 0.615. The molecule has 2 atom stereocenters. The van der Waals surface area contributed by atoms with E-state index >= 15 is 0 Å². The van der Waals surface area contributed by atoms with Crippen LogP contribution in [0.3, 0.4) is 0 Å². The highest BCUT2D eigenvalue weighted by molar-refractivity contribution is 7.18. The molecule has 2 aliphatic carbocycles. The van der Waals surface area contributed by atoms with Gasteiger partial charge in [0, 0.05) is 43.9 Å². The van der Waals surface area contributed by atoms with E-state index in [4.69, 9.17) is 4.98 Å². The number of anilines is 3. The topological polar surface area (TPSA) is 95.1 Å². The Morgan fingerprint density at radius 3 is 2.69 bits per heavy atom. The van der Waals surface area contributed by atoms with E-state index in [1.54, 1.807) is 6.20 Å². The molecule has 36 heavy (non-hydrogen) atoms. The second-order valence-electron chi connectivity index (χ2n) is 10.5. The fourth-order valence-electron chi connectivity index (χ4n) is 4.82. The van der Waals surface area contributed by atoms with Gasteiger partial charge >= 0.3 is 0 Å². The molecule has 10 heteroatoms. The highest BCUT2D eigenvalue weighted by Crippen LogP contribution is 2.42. The van der Waals surface area contributed by atoms with Gasteiger partial charge in [0.25, 0.3) is 0 Å². The maximum absolute atomic E-state index is 14.3. The number of likely N-dealkylation sites (tertiary alicyclic amines) is 1. The van der Waals surface area contributed by atoms with Gasteiger partial charge in [-0.05, 0) is 69.5 Å². The van der Waals surface area contributed by atoms with E-state index < -0.39 is 5.41 Å². The van der Waals surface area contributed by atoms with Crippen molar-refractivity contribution in [2.24, 2.45) is 5.92 Å². The first-order valence-corrected chi connectivity index (χ1v) is 13.8. The first-order valence-electron chi connectivity index (χ1n) is 13.3. The van der Waals surface area contributed by atoms with Crippen molar-refractivity contribution in [3.8, 4) is 0 Å². The summed E-state index contributed by atoms with van der Waals surface area (Å²) in [7, 11) is 2.35. The maximum atomic E-state index is 14.3. The summed E-state index contributed by atoms with van der Waals surface area (Å²) in [4.78, 5) is 27.9. The van der Waals surface area contributed by atoms with Gasteiger partial charge in [0.1, 0.15) is 11.2 Å². The molecule has 0 radical (unpaired) electrons. The van der Waals surface area contributed by atoms with Gasteiger partial charge in [-0.15, -0.1) is 0 Å². The monoisotopic (exact) mass is 513 g/mol. The van der Waals surface area contributed by atoms with Gasteiger partial charge in [0.2, 0.25) is 11.9 Å². The lowest BCUT2D eigenvalue weighted by molar-refractivity contribution is -0.127. The van der Waals surface area contributed by atoms with Gasteiger partial charge in [-0.1, -0.05) is 15.7 Å². The minimum atomic E-state index is -1.20.